The zero-order chi connectivity index (χ0) is 18.3. The molecule has 0 amide bonds. The molecule has 2 heterocycles. The second kappa shape index (κ2) is 6.93. The summed E-state index contributed by atoms with van der Waals surface area (Å²) in [4.78, 5) is 12.2. The molecule has 1 aromatic carbocycles. The number of carbonyl (C=O) groups excluding carboxylic acids is 1. The van der Waals surface area contributed by atoms with Gasteiger partial charge in [0.25, 0.3) is 0 Å². The van der Waals surface area contributed by atoms with Crippen LogP contribution in [0.2, 0.25) is 0 Å². The maximum absolute atomic E-state index is 12.2. The number of esters is 1. The van der Waals surface area contributed by atoms with Crippen LogP contribution in [0.1, 0.15) is 26.3 Å². The van der Waals surface area contributed by atoms with Crippen molar-refractivity contribution in [3.05, 3.63) is 35.9 Å². The summed E-state index contributed by atoms with van der Waals surface area (Å²) in [7, 11) is 0. The second-order valence-electron chi connectivity index (χ2n) is 7.55. The second-order valence-corrected chi connectivity index (χ2v) is 7.55. The van der Waals surface area contributed by atoms with Crippen molar-refractivity contribution in [3.8, 4) is 0 Å². The molecule has 1 aliphatic carbocycles. The molecule has 0 aromatic heterocycles. The molecule has 6 nitrogen and oxygen atoms in total. The number of hydrogen-bond acceptors (Lipinski definition) is 6. The molecule has 0 spiro atoms. The molecule has 4 rings (SSSR count). The Hall–Kier alpha value is -1.47. The third kappa shape index (κ3) is 3.39. The molecular weight excluding hydrogens is 336 g/mol. The Morgan fingerprint density at radius 2 is 2.00 bits per heavy atom. The topological polar surface area (TPSA) is 63.2 Å². The Kier molecular flexibility index (Phi) is 4.77. The van der Waals surface area contributed by atoms with Gasteiger partial charge in [0, 0.05) is 5.92 Å². The highest BCUT2D eigenvalue weighted by atomic mass is 16.8. The van der Waals surface area contributed by atoms with E-state index in [9.17, 15) is 4.79 Å². The Labute approximate surface area is 153 Å². The number of benzene rings is 1. The maximum Gasteiger partial charge on any atom is 0.312 e. The molecule has 0 N–H and O–H groups in total. The van der Waals surface area contributed by atoms with Crippen molar-refractivity contribution in [2.75, 3.05) is 13.2 Å². The Bertz CT molecular complexity index is 645. The quantitative estimate of drug-likeness (QED) is 0.724. The molecule has 1 saturated carbocycles. The molecule has 2 aliphatic heterocycles. The molecule has 0 unspecified atom stereocenters. The van der Waals surface area contributed by atoms with E-state index in [4.69, 9.17) is 23.7 Å². The number of fused-ring (bicyclic) bond motifs is 1. The van der Waals surface area contributed by atoms with Crippen LogP contribution in [0.3, 0.4) is 0 Å². The van der Waals surface area contributed by atoms with Crippen LogP contribution in [-0.2, 0) is 35.1 Å². The van der Waals surface area contributed by atoms with E-state index in [0.717, 1.165) is 5.56 Å². The first-order chi connectivity index (χ1) is 12.5. The summed E-state index contributed by atoms with van der Waals surface area (Å²) >= 11 is 0. The van der Waals surface area contributed by atoms with E-state index < -0.39 is 5.79 Å². The minimum absolute atomic E-state index is 0.0232. The minimum atomic E-state index is -0.620. The van der Waals surface area contributed by atoms with E-state index in [1.807, 2.05) is 51.1 Å². The van der Waals surface area contributed by atoms with Crippen LogP contribution in [0.4, 0.5) is 0 Å². The first-order valence-corrected chi connectivity index (χ1v) is 9.29. The van der Waals surface area contributed by atoms with Crippen LogP contribution in [0, 0.1) is 11.8 Å². The van der Waals surface area contributed by atoms with Crippen molar-refractivity contribution in [3.63, 3.8) is 0 Å². The van der Waals surface area contributed by atoms with Gasteiger partial charge in [0.05, 0.1) is 37.9 Å². The van der Waals surface area contributed by atoms with Crippen molar-refractivity contribution in [2.24, 2.45) is 11.8 Å². The van der Waals surface area contributed by atoms with Gasteiger partial charge in [0.1, 0.15) is 12.2 Å². The Morgan fingerprint density at radius 1 is 1.23 bits per heavy atom. The normalized spacial score (nSPS) is 37.3. The van der Waals surface area contributed by atoms with Crippen LogP contribution < -0.4 is 0 Å². The number of hydrogen-bond donors (Lipinski definition) is 0. The lowest BCUT2D eigenvalue weighted by Crippen LogP contribution is -2.42. The lowest BCUT2D eigenvalue weighted by molar-refractivity contribution is -0.173. The molecule has 26 heavy (non-hydrogen) atoms. The molecule has 0 radical (unpaired) electrons. The first kappa shape index (κ1) is 17.9. The molecule has 6 heteroatoms. The standard InChI is InChI=1S/C20H26O6/c1-4-22-19(21)15-14-17(15)25-16(13-11-24-20(2,3)26-13)18(14)23-10-12-8-6-5-7-9-12/h5-9,13-18H,4,10-11H2,1-3H3/t13-,14+,15+,16-,17+,18-/m1/s1. The van der Waals surface area contributed by atoms with Crippen molar-refractivity contribution in [1.82, 2.24) is 0 Å². The third-order valence-corrected chi connectivity index (χ3v) is 5.27. The van der Waals surface area contributed by atoms with Gasteiger partial charge in [0.15, 0.2) is 5.79 Å². The molecule has 3 aliphatic rings. The third-order valence-electron chi connectivity index (χ3n) is 5.27. The summed E-state index contributed by atoms with van der Waals surface area (Å²) < 4.78 is 29.2. The Balaban J connectivity index is 1.46. The van der Waals surface area contributed by atoms with Crippen LogP contribution in [-0.4, -0.2) is 49.4 Å². The number of rotatable bonds is 6. The molecule has 3 fully saturated rings. The summed E-state index contributed by atoms with van der Waals surface area (Å²) in [6, 6.07) is 10.00. The lowest BCUT2D eigenvalue weighted by atomic mass is 10.0. The van der Waals surface area contributed by atoms with Crippen molar-refractivity contribution in [2.45, 2.75) is 57.6 Å². The molecule has 1 aromatic rings. The van der Waals surface area contributed by atoms with Gasteiger partial charge in [-0.05, 0) is 26.3 Å². The average molecular weight is 362 g/mol. The van der Waals surface area contributed by atoms with E-state index in [1.54, 1.807) is 0 Å². The smallest absolute Gasteiger partial charge is 0.312 e. The van der Waals surface area contributed by atoms with E-state index in [2.05, 4.69) is 0 Å². The predicted octanol–water partition coefficient (Wildman–Crippen LogP) is 2.30. The van der Waals surface area contributed by atoms with E-state index in [0.29, 0.717) is 19.8 Å². The molecule has 2 saturated heterocycles. The number of carbonyl (C=O) groups is 1. The first-order valence-electron chi connectivity index (χ1n) is 9.29. The van der Waals surface area contributed by atoms with Crippen LogP contribution >= 0.6 is 0 Å². The van der Waals surface area contributed by atoms with Gasteiger partial charge in [-0.2, -0.15) is 0 Å². The fraction of sp³-hybridized carbons (Fsp3) is 0.650. The molecule has 6 atom stereocenters. The van der Waals surface area contributed by atoms with Gasteiger partial charge < -0.3 is 23.7 Å². The highest BCUT2D eigenvalue weighted by molar-refractivity contribution is 5.77. The Morgan fingerprint density at radius 3 is 2.65 bits per heavy atom. The van der Waals surface area contributed by atoms with Gasteiger partial charge >= 0.3 is 5.97 Å². The van der Waals surface area contributed by atoms with E-state index >= 15 is 0 Å². The highest BCUT2D eigenvalue weighted by Gasteiger charge is 2.69. The summed E-state index contributed by atoms with van der Waals surface area (Å²) in [5.74, 6) is -1.03. The lowest BCUT2D eigenvalue weighted by Gasteiger charge is -2.28. The monoisotopic (exact) mass is 362 g/mol. The highest BCUT2D eigenvalue weighted by Crippen LogP contribution is 2.55. The van der Waals surface area contributed by atoms with Gasteiger partial charge in [-0.1, -0.05) is 30.3 Å². The van der Waals surface area contributed by atoms with Crippen LogP contribution in [0.25, 0.3) is 0 Å². The van der Waals surface area contributed by atoms with Gasteiger partial charge in [0.2, 0.25) is 0 Å². The average Bonchev–Trinajstić information content (AvgIpc) is 3.02. The molecule has 142 valence electrons. The summed E-state index contributed by atoms with van der Waals surface area (Å²) in [6.07, 6.45) is -0.785. The zero-order valence-electron chi connectivity index (χ0n) is 15.4. The maximum atomic E-state index is 12.2. The largest absolute Gasteiger partial charge is 0.466 e. The zero-order valence-corrected chi connectivity index (χ0v) is 15.4. The summed E-state index contributed by atoms with van der Waals surface area (Å²) in [5, 5.41) is 0. The fourth-order valence-electron chi connectivity index (χ4n) is 4.03. The van der Waals surface area contributed by atoms with Gasteiger partial charge in [-0.25, -0.2) is 0 Å². The van der Waals surface area contributed by atoms with Crippen LogP contribution in [0.5, 0.6) is 0 Å². The minimum Gasteiger partial charge on any atom is -0.466 e. The summed E-state index contributed by atoms with van der Waals surface area (Å²) in [6.45, 7) is 6.91. The molecular formula is C20H26O6. The van der Waals surface area contributed by atoms with Crippen molar-refractivity contribution in [1.29, 1.82) is 0 Å². The predicted molar refractivity (Wildman–Crippen MR) is 92.2 cm³/mol. The molecule has 0 bridgehead atoms. The van der Waals surface area contributed by atoms with Gasteiger partial charge in [-0.15, -0.1) is 0 Å². The summed E-state index contributed by atoms with van der Waals surface area (Å²) in [5.41, 5.74) is 1.09. The SMILES string of the molecule is CCOC(=O)[C@@H]1[C@H]2O[C@H]([C@H]3COC(C)(C)O3)[C@H](OCc3ccccc3)[C@H]21. The van der Waals surface area contributed by atoms with Gasteiger partial charge in [-0.3, -0.25) is 4.79 Å². The van der Waals surface area contributed by atoms with Crippen molar-refractivity contribution < 1.29 is 28.5 Å². The number of ether oxygens (including phenoxy) is 5. The van der Waals surface area contributed by atoms with Crippen molar-refractivity contribution >= 4 is 5.97 Å². The fourth-order valence-corrected chi connectivity index (χ4v) is 4.03. The van der Waals surface area contributed by atoms with E-state index in [-0.39, 0.29) is 42.2 Å². The van der Waals surface area contributed by atoms with E-state index in [1.165, 1.54) is 0 Å². The van der Waals surface area contributed by atoms with Crippen LogP contribution in [0.15, 0.2) is 30.3 Å².